The summed E-state index contributed by atoms with van der Waals surface area (Å²) in [6.07, 6.45) is -3.54. The zero-order valence-electron chi connectivity index (χ0n) is 16.6. The molecule has 0 bridgehead atoms. The maximum absolute atomic E-state index is 12.8. The van der Waals surface area contributed by atoms with E-state index < -0.39 is 11.7 Å². The van der Waals surface area contributed by atoms with Gasteiger partial charge in [0.15, 0.2) is 5.96 Å². The third kappa shape index (κ3) is 8.03. The van der Waals surface area contributed by atoms with E-state index in [1.165, 1.54) is 6.07 Å². The lowest BCUT2D eigenvalue weighted by atomic mass is 10.1. The summed E-state index contributed by atoms with van der Waals surface area (Å²) in [5.41, 5.74) is 0.854. The molecule has 0 saturated carbocycles. The van der Waals surface area contributed by atoms with Crippen molar-refractivity contribution in [1.29, 1.82) is 0 Å². The number of hydrogen-bond donors (Lipinski definition) is 2. The van der Waals surface area contributed by atoms with E-state index in [4.69, 9.17) is 9.47 Å². The SMILES string of the molecule is CN=C(NCc1cccc(OCCCOC)c1)NCc1cccc(C(F)(F)F)c1. The summed E-state index contributed by atoms with van der Waals surface area (Å²) in [4.78, 5) is 4.11. The van der Waals surface area contributed by atoms with Crippen LogP contribution in [0.2, 0.25) is 0 Å². The molecule has 0 aliphatic carbocycles. The Morgan fingerprint density at radius 3 is 2.24 bits per heavy atom. The van der Waals surface area contributed by atoms with Gasteiger partial charge < -0.3 is 20.1 Å². The molecule has 158 valence electrons. The van der Waals surface area contributed by atoms with E-state index >= 15 is 0 Å². The zero-order valence-corrected chi connectivity index (χ0v) is 16.6. The lowest BCUT2D eigenvalue weighted by molar-refractivity contribution is -0.137. The van der Waals surface area contributed by atoms with Gasteiger partial charge >= 0.3 is 6.18 Å². The summed E-state index contributed by atoms with van der Waals surface area (Å²) in [7, 11) is 3.26. The van der Waals surface area contributed by atoms with E-state index in [-0.39, 0.29) is 6.54 Å². The van der Waals surface area contributed by atoms with Gasteiger partial charge in [-0.05, 0) is 35.4 Å². The van der Waals surface area contributed by atoms with Crippen molar-refractivity contribution in [3.8, 4) is 5.75 Å². The molecule has 0 heterocycles. The number of methoxy groups -OCH3 is 1. The van der Waals surface area contributed by atoms with Gasteiger partial charge in [0.1, 0.15) is 5.75 Å². The Kier molecular flexibility index (Phi) is 8.79. The number of alkyl halides is 3. The van der Waals surface area contributed by atoms with E-state index in [0.29, 0.717) is 31.3 Å². The predicted octanol–water partition coefficient (Wildman–Crippen LogP) is 3.99. The van der Waals surface area contributed by atoms with Gasteiger partial charge in [-0.3, -0.25) is 4.99 Å². The van der Waals surface area contributed by atoms with Gasteiger partial charge in [-0.1, -0.05) is 24.3 Å². The molecule has 0 aliphatic heterocycles. The molecule has 2 N–H and O–H groups in total. The molecule has 29 heavy (non-hydrogen) atoms. The molecule has 5 nitrogen and oxygen atoms in total. The van der Waals surface area contributed by atoms with Crippen LogP contribution in [0.4, 0.5) is 13.2 Å². The van der Waals surface area contributed by atoms with E-state index in [2.05, 4.69) is 15.6 Å². The molecule has 8 heteroatoms. The highest BCUT2D eigenvalue weighted by atomic mass is 19.4. The van der Waals surface area contributed by atoms with Gasteiger partial charge in [-0.15, -0.1) is 0 Å². The molecule has 0 atom stereocenters. The molecule has 0 saturated heterocycles. The lowest BCUT2D eigenvalue weighted by Crippen LogP contribution is -2.36. The number of halogens is 3. The Hall–Kier alpha value is -2.74. The fourth-order valence-electron chi connectivity index (χ4n) is 2.59. The normalized spacial score (nSPS) is 12.0. The van der Waals surface area contributed by atoms with Crippen molar-refractivity contribution in [3.63, 3.8) is 0 Å². The smallest absolute Gasteiger partial charge is 0.416 e. The molecule has 2 rings (SSSR count). The maximum atomic E-state index is 12.8. The molecule has 0 aliphatic rings. The number of guanidine groups is 1. The number of benzene rings is 2. The largest absolute Gasteiger partial charge is 0.493 e. The first-order valence-corrected chi connectivity index (χ1v) is 9.23. The fourth-order valence-corrected chi connectivity index (χ4v) is 2.59. The van der Waals surface area contributed by atoms with Crippen molar-refractivity contribution in [3.05, 3.63) is 65.2 Å². The van der Waals surface area contributed by atoms with Crippen LogP contribution in [0.3, 0.4) is 0 Å². The number of hydrogen-bond acceptors (Lipinski definition) is 3. The highest BCUT2D eigenvalue weighted by Crippen LogP contribution is 2.29. The second kappa shape index (κ2) is 11.3. The number of ether oxygens (including phenoxy) is 2. The monoisotopic (exact) mass is 409 g/mol. The second-order valence-corrected chi connectivity index (χ2v) is 6.32. The minimum absolute atomic E-state index is 0.228. The average Bonchev–Trinajstić information content (AvgIpc) is 2.71. The average molecular weight is 409 g/mol. The highest BCUT2D eigenvalue weighted by Gasteiger charge is 2.30. The minimum atomic E-state index is -4.35. The van der Waals surface area contributed by atoms with Crippen molar-refractivity contribution in [1.82, 2.24) is 10.6 Å². The molecule has 0 fully saturated rings. The third-order valence-electron chi connectivity index (χ3n) is 4.06. The van der Waals surface area contributed by atoms with E-state index in [1.54, 1.807) is 20.2 Å². The van der Waals surface area contributed by atoms with Gasteiger partial charge in [-0.25, -0.2) is 0 Å². The van der Waals surface area contributed by atoms with Crippen LogP contribution in [0.25, 0.3) is 0 Å². The number of rotatable bonds is 9. The van der Waals surface area contributed by atoms with Crippen LogP contribution >= 0.6 is 0 Å². The Bertz CT molecular complexity index is 795. The molecule has 2 aromatic carbocycles. The van der Waals surface area contributed by atoms with Crippen LogP contribution in [0, 0.1) is 0 Å². The van der Waals surface area contributed by atoms with Crippen molar-refractivity contribution in [2.45, 2.75) is 25.7 Å². The van der Waals surface area contributed by atoms with Crippen molar-refractivity contribution in [2.75, 3.05) is 27.4 Å². The standard InChI is InChI=1S/C21H26F3N3O2/c1-25-20(26-14-16-6-3-8-18(12-16)21(22,23)24)27-15-17-7-4-9-19(13-17)29-11-5-10-28-2/h3-4,6-9,12-13H,5,10-11,14-15H2,1-2H3,(H2,25,26,27). The maximum Gasteiger partial charge on any atom is 0.416 e. The summed E-state index contributed by atoms with van der Waals surface area (Å²) >= 11 is 0. The molecule has 0 amide bonds. The summed E-state index contributed by atoms with van der Waals surface area (Å²) in [6.45, 7) is 1.95. The van der Waals surface area contributed by atoms with Crippen LogP contribution in [-0.4, -0.2) is 33.3 Å². The molecular formula is C21H26F3N3O2. The Morgan fingerprint density at radius 1 is 0.966 bits per heavy atom. The second-order valence-electron chi connectivity index (χ2n) is 6.32. The molecular weight excluding hydrogens is 383 g/mol. The van der Waals surface area contributed by atoms with Crippen LogP contribution < -0.4 is 15.4 Å². The van der Waals surface area contributed by atoms with E-state index in [1.807, 2.05) is 24.3 Å². The molecule has 0 radical (unpaired) electrons. The van der Waals surface area contributed by atoms with Gasteiger partial charge in [0, 0.05) is 40.3 Å². The lowest BCUT2D eigenvalue weighted by Gasteiger charge is -2.14. The number of aliphatic imine (C=N–C) groups is 1. The first-order chi connectivity index (χ1) is 13.9. The van der Waals surface area contributed by atoms with Crippen molar-refractivity contribution >= 4 is 5.96 Å². The molecule has 0 aromatic heterocycles. The quantitative estimate of drug-likeness (QED) is 0.374. The van der Waals surface area contributed by atoms with Gasteiger partial charge in [0.05, 0.1) is 12.2 Å². The van der Waals surface area contributed by atoms with E-state index in [0.717, 1.165) is 29.9 Å². The summed E-state index contributed by atoms with van der Waals surface area (Å²) in [6, 6.07) is 12.9. The van der Waals surface area contributed by atoms with Crippen LogP contribution in [-0.2, 0) is 24.0 Å². The fraction of sp³-hybridized carbons (Fsp3) is 0.381. The van der Waals surface area contributed by atoms with Gasteiger partial charge in [0.25, 0.3) is 0 Å². The highest BCUT2D eigenvalue weighted by molar-refractivity contribution is 5.79. The molecule has 2 aromatic rings. The predicted molar refractivity (Wildman–Crippen MR) is 107 cm³/mol. The topological polar surface area (TPSA) is 54.9 Å². The third-order valence-corrected chi connectivity index (χ3v) is 4.06. The Labute approximate surface area is 168 Å². The molecule has 0 spiro atoms. The molecule has 0 unspecified atom stereocenters. The number of nitrogens with one attached hydrogen (secondary N) is 2. The van der Waals surface area contributed by atoms with Crippen molar-refractivity contribution in [2.24, 2.45) is 4.99 Å². The minimum Gasteiger partial charge on any atom is -0.493 e. The van der Waals surface area contributed by atoms with Crippen molar-refractivity contribution < 1.29 is 22.6 Å². The summed E-state index contributed by atoms with van der Waals surface area (Å²) < 4.78 is 49.1. The first kappa shape index (κ1) is 22.5. The zero-order chi connectivity index (χ0) is 21.1. The Balaban J connectivity index is 1.85. The number of nitrogens with zero attached hydrogens (tertiary/aromatic N) is 1. The van der Waals surface area contributed by atoms with Crippen LogP contribution in [0.1, 0.15) is 23.1 Å². The Morgan fingerprint density at radius 2 is 1.62 bits per heavy atom. The summed E-state index contributed by atoms with van der Waals surface area (Å²) in [5, 5.41) is 6.17. The van der Waals surface area contributed by atoms with Crippen LogP contribution in [0.5, 0.6) is 5.75 Å². The van der Waals surface area contributed by atoms with Gasteiger partial charge in [0.2, 0.25) is 0 Å². The van der Waals surface area contributed by atoms with Gasteiger partial charge in [-0.2, -0.15) is 13.2 Å². The van der Waals surface area contributed by atoms with Crippen LogP contribution in [0.15, 0.2) is 53.5 Å². The summed E-state index contributed by atoms with van der Waals surface area (Å²) in [5.74, 6) is 1.26. The first-order valence-electron chi connectivity index (χ1n) is 9.23. The van der Waals surface area contributed by atoms with E-state index in [9.17, 15) is 13.2 Å².